The van der Waals surface area contributed by atoms with E-state index in [0.29, 0.717) is 22.2 Å². The molecule has 0 aromatic heterocycles. The van der Waals surface area contributed by atoms with E-state index in [2.05, 4.69) is 15.9 Å². The van der Waals surface area contributed by atoms with Gasteiger partial charge < -0.3 is 5.11 Å². The Morgan fingerprint density at radius 2 is 1.61 bits per heavy atom. The van der Waals surface area contributed by atoms with Crippen LogP contribution >= 0.6 is 15.9 Å². The fourth-order valence-corrected chi connectivity index (χ4v) is 2.07. The maximum atomic E-state index is 13.5. The third kappa shape index (κ3) is 2.57. The van der Waals surface area contributed by atoms with E-state index in [1.54, 1.807) is 12.1 Å². The molecule has 1 nitrogen and oxygen atoms in total. The molecule has 1 N–H and O–H groups in total. The zero-order valence-electron chi connectivity index (χ0n) is 9.00. The molecule has 0 aliphatic heterocycles. The lowest BCUT2D eigenvalue weighted by molar-refractivity contribution is 0.208. The van der Waals surface area contributed by atoms with Gasteiger partial charge in [-0.25, -0.2) is 13.2 Å². The summed E-state index contributed by atoms with van der Waals surface area (Å²) in [4.78, 5) is 0. The van der Waals surface area contributed by atoms with E-state index in [9.17, 15) is 18.3 Å². The van der Waals surface area contributed by atoms with Gasteiger partial charge in [-0.2, -0.15) is 0 Å². The Labute approximate surface area is 110 Å². The second-order valence-corrected chi connectivity index (χ2v) is 4.66. The van der Waals surface area contributed by atoms with E-state index < -0.39 is 29.1 Å². The summed E-state index contributed by atoms with van der Waals surface area (Å²) in [5.41, 5.74) is -0.247. The Balaban J connectivity index is 2.49. The molecule has 0 fully saturated rings. The molecule has 1 unspecified atom stereocenters. The zero-order chi connectivity index (χ0) is 13.3. The van der Waals surface area contributed by atoms with Crippen molar-refractivity contribution in [2.24, 2.45) is 0 Å². The summed E-state index contributed by atoms with van der Waals surface area (Å²) in [7, 11) is 0. The van der Waals surface area contributed by atoms with Crippen molar-refractivity contribution in [1.29, 1.82) is 0 Å². The van der Waals surface area contributed by atoms with Gasteiger partial charge in [0.1, 0.15) is 23.6 Å². The van der Waals surface area contributed by atoms with E-state index in [4.69, 9.17) is 0 Å². The average Bonchev–Trinajstić information content (AvgIpc) is 2.27. The highest BCUT2D eigenvalue weighted by atomic mass is 79.9. The van der Waals surface area contributed by atoms with Crippen LogP contribution in [0.15, 0.2) is 40.9 Å². The fourth-order valence-electron chi connectivity index (χ4n) is 1.66. The fraction of sp³-hybridized carbons (Fsp3) is 0.0769. The number of aliphatic hydroxyl groups is 1. The van der Waals surface area contributed by atoms with Crippen LogP contribution in [0.1, 0.15) is 17.2 Å². The van der Waals surface area contributed by atoms with Crippen molar-refractivity contribution in [3.63, 3.8) is 0 Å². The monoisotopic (exact) mass is 316 g/mol. The first-order valence-corrected chi connectivity index (χ1v) is 5.86. The number of hydrogen-bond donors (Lipinski definition) is 1. The van der Waals surface area contributed by atoms with Gasteiger partial charge in [0.15, 0.2) is 0 Å². The molecule has 94 valence electrons. The lowest BCUT2D eigenvalue weighted by Gasteiger charge is -2.13. The van der Waals surface area contributed by atoms with Crippen LogP contribution in [-0.2, 0) is 0 Å². The maximum absolute atomic E-state index is 13.5. The minimum Gasteiger partial charge on any atom is -0.383 e. The van der Waals surface area contributed by atoms with Gasteiger partial charge in [-0.3, -0.25) is 0 Å². The van der Waals surface area contributed by atoms with Crippen LogP contribution in [-0.4, -0.2) is 5.11 Å². The molecule has 18 heavy (non-hydrogen) atoms. The van der Waals surface area contributed by atoms with E-state index in [0.717, 1.165) is 0 Å². The Morgan fingerprint density at radius 1 is 1.00 bits per heavy atom. The van der Waals surface area contributed by atoms with Crippen molar-refractivity contribution < 1.29 is 18.3 Å². The Hall–Kier alpha value is -1.33. The molecule has 2 aromatic rings. The Kier molecular flexibility index (Phi) is 3.73. The number of aliphatic hydroxyl groups excluding tert-OH is 1. The average molecular weight is 317 g/mol. The van der Waals surface area contributed by atoms with Crippen LogP contribution in [0, 0.1) is 17.5 Å². The number of halogens is 4. The lowest BCUT2D eigenvalue weighted by Crippen LogP contribution is -2.06. The summed E-state index contributed by atoms with van der Waals surface area (Å²) < 4.78 is 40.4. The van der Waals surface area contributed by atoms with Crippen molar-refractivity contribution >= 4 is 15.9 Å². The van der Waals surface area contributed by atoms with E-state index >= 15 is 0 Å². The number of benzene rings is 2. The number of hydrogen-bond acceptors (Lipinski definition) is 1. The highest BCUT2D eigenvalue weighted by molar-refractivity contribution is 9.10. The summed E-state index contributed by atoms with van der Waals surface area (Å²) in [5.74, 6) is -3.24. The Bertz CT molecular complexity index is 563. The maximum Gasteiger partial charge on any atom is 0.135 e. The smallest absolute Gasteiger partial charge is 0.135 e. The molecule has 0 aliphatic rings. The van der Waals surface area contributed by atoms with Crippen LogP contribution < -0.4 is 0 Å². The zero-order valence-corrected chi connectivity index (χ0v) is 10.6. The molecular weight excluding hydrogens is 309 g/mol. The summed E-state index contributed by atoms with van der Waals surface area (Å²) >= 11 is 3.19. The van der Waals surface area contributed by atoms with Gasteiger partial charge in [0.05, 0.1) is 5.56 Å². The van der Waals surface area contributed by atoms with Crippen LogP contribution in [0.3, 0.4) is 0 Å². The molecule has 0 amide bonds. The minimum absolute atomic E-state index is 0.314. The van der Waals surface area contributed by atoms with Gasteiger partial charge >= 0.3 is 0 Å². The van der Waals surface area contributed by atoms with Gasteiger partial charge in [0, 0.05) is 16.6 Å². The minimum atomic E-state index is -1.48. The van der Waals surface area contributed by atoms with Gasteiger partial charge in [-0.15, -0.1) is 0 Å². The van der Waals surface area contributed by atoms with Gasteiger partial charge in [-0.1, -0.05) is 28.1 Å². The molecule has 0 saturated heterocycles. The molecule has 0 bridgehead atoms. The molecular formula is C13H8BrF3O. The molecule has 0 aliphatic carbocycles. The summed E-state index contributed by atoms with van der Waals surface area (Å²) in [5, 5.41) is 9.95. The largest absolute Gasteiger partial charge is 0.383 e. The summed E-state index contributed by atoms with van der Waals surface area (Å²) in [6.45, 7) is 0. The van der Waals surface area contributed by atoms with Crippen molar-refractivity contribution in [3.05, 3.63) is 69.4 Å². The second-order valence-electron chi connectivity index (χ2n) is 3.74. The molecule has 0 heterocycles. The van der Waals surface area contributed by atoms with Crippen LogP contribution in [0.4, 0.5) is 13.2 Å². The first kappa shape index (κ1) is 13.1. The first-order chi connectivity index (χ1) is 8.49. The van der Waals surface area contributed by atoms with Crippen LogP contribution in [0.25, 0.3) is 0 Å². The normalized spacial score (nSPS) is 12.5. The molecule has 1 atom stereocenters. The second kappa shape index (κ2) is 5.12. The van der Waals surface area contributed by atoms with Crippen LogP contribution in [0.5, 0.6) is 0 Å². The van der Waals surface area contributed by atoms with Crippen LogP contribution in [0.2, 0.25) is 0 Å². The third-order valence-corrected chi connectivity index (χ3v) is 2.97. The molecule has 0 spiro atoms. The predicted octanol–water partition coefficient (Wildman–Crippen LogP) is 3.95. The Morgan fingerprint density at radius 3 is 2.17 bits per heavy atom. The highest BCUT2D eigenvalue weighted by Gasteiger charge is 2.21. The SMILES string of the molecule is OC(c1cccc(Br)c1)c1c(F)cc(F)cc1F. The van der Waals surface area contributed by atoms with Crippen molar-refractivity contribution in [1.82, 2.24) is 0 Å². The first-order valence-electron chi connectivity index (χ1n) is 5.07. The van der Waals surface area contributed by atoms with Gasteiger partial charge in [0.25, 0.3) is 0 Å². The molecule has 5 heteroatoms. The number of rotatable bonds is 2. The topological polar surface area (TPSA) is 20.2 Å². The quantitative estimate of drug-likeness (QED) is 0.889. The third-order valence-electron chi connectivity index (χ3n) is 2.48. The van der Waals surface area contributed by atoms with E-state index in [1.807, 2.05) is 0 Å². The van der Waals surface area contributed by atoms with Crippen molar-refractivity contribution in [3.8, 4) is 0 Å². The molecule has 2 rings (SSSR count). The summed E-state index contributed by atoms with van der Waals surface area (Å²) in [6.07, 6.45) is -1.48. The molecule has 2 aromatic carbocycles. The van der Waals surface area contributed by atoms with Gasteiger partial charge in [0.2, 0.25) is 0 Å². The van der Waals surface area contributed by atoms with Gasteiger partial charge in [-0.05, 0) is 17.7 Å². The standard InChI is InChI=1S/C13H8BrF3O/c14-8-3-1-2-7(4-8)13(18)12-10(16)5-9(15)6-11(12)17/h1-6,13,18H. The lowest BCUT2D eigenvalue weighted by atomic mass is 10.0. The molecule has 0 radical (unpaired) electrons. The van der Waals surface area contributed by atoms with Crippen molar-refractivity contribution in [2.75, 3.05) is 0 Å². The van der Waals surface area contributed by atoms with E-state index in [-0.39, 0.29) is 0 Å². The molecule has 0 saturated carbocycles. The summed E-state index contributed by atoms with van der Waals surface area (Å²) in [6, 6.07) is 7.49. The predicted molar refractivity (Wildman–Crippen MR) is 64.5 cm³/mol. The highest BCUT2D eigenvalue weighted by Crippen LogP contribution is 2.28. The van der Waals surface area contributed by atoms with E-state index in [1.165, 1.54) is 12.1 Å². The van der Waals surface area contributed by atoms with Crippen molar-refractivity contribution in [2.45, 2.75) is 6.10 Å².